The van der Waals surface area contributed by atoms with Crippen molar-refractivity contribution < 1.29 is 19.4 Å². The Labute approximate surface area is 111 Å². The Morgan fingerprint density at radius 3 is 2.61 bits per heavy atom. The van der Waals surface area contributed by atoms with Crippen LogP contribution in [0, 0.1) is 0 Å². The number of aliphatic carboxylic acids is 1. The van der Waals surface area contributed by atoms with Crippen molar-refractivity contribution in [1.29, 1.82) is 0 Å². The van der Waals surface area contributed by atoms with Crippen LogP contribution < -0.4 is 11.1 Å². The van der Waals surface area contributed by atoms with Crippen LogP contribution in [0.4, 0.5) is 0 Å². The summed E-state index contributed by atoms with van der Waals surface area (Å²) in [5.41, 5.74) is 4.99. The summed E-state index contributed by atoms with van der Waals surface area (Å²) in [5.74, 6) is -0.731. The predicted molar refractivity (Wildman–Crippen MR) is 69.5 cm³/mol. The van der Waals surface area contributed by atoms with Gasteiger partial charge in [0.2, 0.25) is 5.91 Å². The maximum atomic E-state index is 12.0. The molecule has 0 spiro atoms. The highest BCUT2D eigenvalue weighted by atomic mass is 32.2. The molecule has 0 aromatic heterocycles. The molecule has 1 saturated heterocycles. The summed E-state index contributed by atoms with van der Waals surface area (Å²) < 4.78 is 5.15. The van der Waals surface area contributed by atoms with Gasteiger partial charge < -0.3 is 20.9 Å². The lowest BCUT2D eigenvalue weighted by Crippen LogP contribution is -2.59. The Morgan fingerprint density at radius 1 is 1.50 bits per heavy atom. The first kappa shape index (κ1) is 15.3. The smallest absolute Gasteiger partial charge is 0.326 e. The zero-order valence-electron chi connectivity index (χ0n) is 10.5. The van der Waals surface area contributed by atoms with Crippen LogP contribution in [0.1, 0.15) is 19.3 Å². The molecule has 1 unspecified atom stereocenters. The van der Waals surface area contributed by atoms with Crippen molar-refractivity contribution in [3.63, 3.8) is 0 Å². The normalized spacial score (nSPS) is 20.1. The molecule has 4 N–H and O–H groups in total. The van der Waals surface area contributed by atoms with Crippen molar-refractivity contribution in [2.75, 3.05) is 25.2 Å². The molecule has 1 amide bonds. The van der Waals surface area contributed by atoms with Crippen molar-refractivity contribution in [2.45, 2.75) is 30.8 Å². The predicted octanol–water partition coefficient (Wildman–Crippen LogP) is -0.183. The lowest BCUT2D eigenvalue weighted by molar-refractivity contribution is -0.143. The molecule has 1 rings (SSSR count). The molecular weight excluding hydrogens is 256 g/mol. The highest BCUT2D eigenvalue weighted by molar-refractivity contribution is 7.98. The Kier molecular flexibility index (Phi) is 5.90. The number of rotatable bonds is 6. The summed E-state index contributed by atoms with van der Waals surface area (Å²) in [7, 11) is 0. The summed E-state index contributed by atoms with van der Waals surface area (Å²) in [4.78, 5) is 23.1. The summed E-state index contributed by atoms with van der Waals surface area (Å²) in [6.07, 6.45) is 3.14. The highest BCUT2D eigenvalue weighted by Crippen LogP contribution is 2.18. The van der Waals surface area contributed by atoms with E-state index in [1.54, 1.807) is 11.8 Å². The molecule has 6 nitrogen and oxygen atoms in total. The minimum atomic E-state index is -1.02. The summed E-state index contributed by atoms with van der Waals surface area (Å²) >= 11 is 1.54. The maximum absolute atomic E-state index is 12.0. The van der Waals surface area contributed by atoms with Crippen LogP contribution in [0.5, 0.6) is 0 Å². The second-order valence-corrected chi connectivity index (χ2v) is 5.40. The number of nitrogens with one attached hydrogen (secondary N) is 1. The standard InChI is InChI=1S/C11H20N2O4S/c1-18-7-2-8(9(14)15)13-10(16)11(12)3-5-17-6-4-11/h8H,2-7,12H2,1H3,(H,13,16)(H,14,15). The zero-order chi connectivity index (χ0) is 13.6. The summed E-state index contributed by atoms with van der Waals surface area (Å²) in [6.45, 7) is 0.874. The third-order valence-electron chi connectivity index (χ3n) is 3.05. The van der Waals surface area contributed by atoms with Gasteiger partial charge in [-0.2, -0.15) is 11.8 Å². The van der Waals surface area contributed by atoms with Gasteiger partial charge >= 0.3 is 5.97 Å². The van der Waals surface area contributed by atoms with E-state index >= 15 is 0 Å². The summed E-state index contributed by atoms with van der Waals surface area (Å²) in [6, 6.07) is -0.867. The monoisotopic (exact) mass is 276 g/mol. The van der Waals surface area contributed by atoms with Crippen molar-refractivity contribution in [3.05, 3.63) is 0 Å². The van der Waals surface area contributed by atoms with E-state index in [1.807, 2.05) is 6.26 Å². The van der Waals surface area contributed by atoms with E-state index in [2.05, 4.69) is 5.32 Å². The third-order valence-corrected chi connectivity index (χ3v) is 3.70. The van der Waals surface area contributed by atoms with Gasteiger partial charge in [-0.05, 0) is 31.3 Å². The Hall–Kier alpha value is -0.790. The highest BCUT2D eigenvalue weighted by Gasteiger charge is 2.37. The summed E-state index contributed by atoms with van der Waals surface area (Å²) in [5, 5.41) is 11.6. The molecular formula is C11H20N2O4S. The molecule has 1 fully saturated rings. The number of amides is 1. The van der Waals surface area contributed by atoms with Gasteiger partial charge in [0.25, 0.3) is 0 Å². The van der Waals surface area contributed by atoms with E-state index in [9.17, 15) is 9.59 Å². The number of carboxylic acid groups (broad SMARTS) is 1. The molecule has 7 heteroatoms. The number of carboxylic acids is 1. The molecule has 0 aromatic rings. The largest absolute Gasteiger partial charge is 0.480 e. The number of hydrogen-bond acceptors (Lipinski definition) is 5. The number of ether oxygens (including phenoxy) is 1. The van der Waals surface area contributed by atoms with Crippen molar-refractivity contribution in [2.24, 2.45) is 5.73 Å². The first-order valence-corrected chi connectivity index (χ1v) is 7.28. The molecule has 0 bridgehead atoms. The first-order valence-electron chi connectivity index (χ1n) is 5.89. The minimum absolute atomic E-state index is 0.390. The number of hydrogen-bond donors (Lipinski definition) is 3. The van der Waals surface area contributed by atoms with Crippen LogP contribution in [0.15, 0.2) is 0 Å². The van der Waals surface area contributed by atoms with Crippen LogP contribution in [0.3, 0.4) is 0 Å². The van der Waals surface area contributed by atoms with Gasteiger partial charge in [-0.25, -0.2) is 4.79 Å². The lowest BCUT2D eigenvalue weighted by Gasteiger charge is -2.32. The van der Waals surface area contributed by atoms with Crippen LogP contribution in [-0.2, 0) is 14.3 Å². The number of carbonyl (C=O) groups excluding carboxylic acids is 1. The fraction of sp³-hybridized carbons (Fsp3) is 0.818. The van der Waals surface area contributed by atoms with Crippen LogP contribution in [0.25, 0.3) is 0 Å². The SMILES string of the molecule is CSCCC(NC(=O)C1(N)CCOCC1)C(=O)O. The number of thioether (sulfide) groups is 1. The number of carbonyl (C=O) groups is 2. The first-order chi connectivity index (χ1) is 8.49. The average molecular weight is 276 g/mol. The van der Waals surface area contributed by atoms with Crippen LogP contribution in [-0.4, -0.2) is 53.8 Å². The second kappa shape index (κ2) is 6.96. The van der Waals surface area contributed by atoms with E-state index in [4.69, 9.17) is 15.6 Å². The van der Waals surface area contributed by atoms with Crippen LogP contribution >= 0.6 is 11.8 Å². The molecule has 1 heterocycles. The molecule has 0 saturated carbocycles. The zero-order valence-corrected chi connectivity index (χ0v) is 11.3. The van der Waals surface area contributed by atoms with Crippen LogP contribution in [0.2, 0.25) is 0 Å². The van der Waals surface area contributed by atoms with E-state index in [-0.39, 0.29) is 5.91 Å². The number of nitrogens with two attached hydrogens (primary N) is 1. The molecule has 0 aromatic carbocycles. The molecule has 0 aliphatic carbocycles. The van der Waals surface area contributed by atoms with Crippen molar-refractivity contribution in [3.8, 4) is 0 Å². The van der Waals surface area contributed by atoms with Crippen molar-refractivity contribution in [1.82, 2.24) is 5.32 Å². The van der Waals surface area contributed by atoms with Gasteiger partial charge in [-0.1, -0.05) is 0 Å². The average Bonchev–Trinajstić information content (AvgIpc) is 2.34. The van der Waals surface area contributed by atoms with Gasteiger partial charge in [0.05, 0.1) is 5.54 Å². The lowest BCUT2D eigenvalue weighted by atomic mass is 9.90. The molecule has 1 aliphatic rings. The molecule has 1 aliphatic heterocycles. The fourth-order valence-electron chi connectivity index (χ4n) is 1.76. The van der Waals surface area contributed by atoms with Gasteiger partial charge in [-0.3, -0.25) is 4.79 Å². The third kappa shape index (κ3) is 4.15. The van der Waals surface area contributed by atoms with E-state index in [0.29, 0.717) is 38.2 Å². The maximum Gasteiger partial charge on any atom is 0.326 e. The molecule has 0 radical (unpaired) electrons. The second-order valence-electron chi connectivity index (χ2n) is 4.41. The van der Waals surface area contributed by atoms with Gasteiger partial charge in [-0.15, -0.1) is 0 Å². The van der Waals surface area contributed by atoms with Gasteiger partial charge in [0.15, 0.2) is 0 Å². The quantitative estimate of drug-likeness (QED) is 0.622. The Balaban J connectivity index is 2.56. The van der Waals surface area contributed by atoms with E-state index in [0.717, 1.165) is 0 Å². The van der Waals surface area contributed by atoms with E-state index in [1.165, 1.54) is 0 Å². The Bertz CT molecular complexity index is 305. The Morgan fingerprint density at radius 2 is 2.11 bits per heavy atom. The van der Waals surface area contributed by atoms with Crippen molar-refractivity contribution >= 4 is 23.6 Å². The fourth-order valence-corrected chi connectivity index (χ4v) is 2.23. The minimum Gasteiger partial charge on any atom is -0.480 e. The van der Waals surface area contributed by atoms with Gasteiger partial charge in [0.1, 0.15) is 6.04 Å². The van der Waals surface area contributed by atoms with E-state index < -0.39 is 17.6 Å². The van der Waals surface area contributed by atoms with Gasteiger partial charge in [0, 0.05) is 13.2 Å². The molecule has 1 atom stereocenters. The topological polar surface area (TPSA) is 102 Å². The molecule has 18 heavy (non-hydrogen) atoms. The molecule has 104 valence electrons.